The average Bonchev–Trinajstić information content (AvgIpc) is 3.56. The summed E-state index contributed by atoms with van der Waals surface area (Å²) < 4.78 is 1.76. The van der Waals surface area contributed by atoms with Crippen molar-refractivity contribution in [3.63, 3.8) is 0 Å². The molecule has 5 rings (SSSR count). The van der Waals surface area contributed by atoms with Gasteiger partial charge in [-0.2, -0.15) is 5.10 Å². The molecule has 2 aromatic carbocycles. The number of fused-ring (bicyclic) bond motifs is 1. The van der Waals surface area contributed by atoms with Gasteiger partial charge in [-0.05, 0) is 17.2 Å². The minimum atomic E-state index is -0.494. The van der Waals surface area contributed by atoms with Gasteiger partial charge in [-0.1, -0.05) is 42.5 Å². The highest BCUT2D eigenvalue weighted by Gasteiger charge is 2.35. The van der Waals surface area contributed by atoms with E-state index in [0.717, 1.165) is 27.6 Å². The molecule has 7 nitrogen and oxygen atoms in total. The maximum Gasteiger partial charge on any atom is 0.257 e. The first-order valence-electron chi connectivity index (χ1n) is 10.4. The quantitative estimate of drug-likeness (QED) is 0.493. The zero-order valence-electron chi connectivity index (χ0n) is 17.6. The molecule has 32 heavy (non-hydrogen) atoms. The van der Waals surface area contributed by atoms with Gasteiger partial charge in [-0.25, -0.2) is 0 Å². The van der Waals surface area contributed by atoms with E-state index in [1.165, 1.54) is 0 Å². The van der Waals surface area contributed by atoms with Gasteiger partial charge in [-0.15, -0.1) is 11.8 Å². The van der Waals surface area contributed by atoms with E-state index in [4.69, 9.17) is 0 Å². The highest BCUT2D eigenvalue weighted by Crippen LogP contribution is 2.27. The highest BCUT2D eigenvalue weighted by atomic mass is 32.2. The van der Waals surface area contributed by atoms with Crippen LogP contribution in [0.5, 0.6) is 0 Å². The fourth-order valence-electron chi connectivity index (χ4n) is 4.08. The predicted octanol–water partition coefficient (Wildman–Crippen LogP) is 3.40. The smallest absolute Gasteiger partial charge is 0.257 e. The molecule has 1 saturated heterocycles. The van der Waals surface area contributed by atoms with Crippen LogP contribution < -0.4 is 5.32 Å². The molecule has 2 amide bonds. The molecule has 0 radical (unpaired) electrons. The van der Waals surface area contributed by atoms with Crippen molar-refractivity contribution in [3.05, 3.63) is 78.2 Å². The molecular formula is C24H23N5O2S. The maximum absolute atomic E-state index is 13.3. The molecule has 4 aromatic rings. The molecule has 0 spiro atoms. The van der Waals surface area contributed by atoms with Crippen molar-refractivity contribution in [1.29, 1.82) is 0 Å². The van der Waals surface area contributed by atoms with E-state index in [-0.39, 0.29) is 11.8 Å². The van der Waals surface area contributed by atoms with Crippen molar-refractivity contribution in [2.75, 3.05) is 11.6 Å². The van der Waals surface area contributed by atoms with Crippen LogP contribution in [0, 0.1) is 0 Å². The summed E-state index contributed by atoms with van der Waals surface area (Å²) >= 11 is 1.60. The van der Waals surface area contributed by atoms with Crippen LogP contribution in [0.4, 0.5) is 0 Å². The van der Waals surface area contributed by atoms with Gasteiger partial charge >= 0.3 is 0 Å². The van der Waals surface area contributed by atoms with E-state index < -0.39 is 6.04 Å². The topological polar surface area (TPSA) is 83.0 Å². The Morgan fingerprint density at radius 3 is 2.84 bits per heavy atom. The molecule has 0 bridgehead atoms. The second-order valence-electron chi connectivity index (χ2n) is 7.82. The van der Waals surface area contributed by atoms with Gasteiger partial charge in [0.05, 0.1) is 17.6 Å². The lowest BCUT2D eigenvalue weighted by Crippen LogP contribution is -2.47. The lowest BCUT2D eigenvalue weighted by molar-refractivity contribution is -0.124. The molecule has 0 aliphatic carbocycles. The molecule has 162 valence electrons. The SMILES string of the molecule is Cn1cc(-c2ccccc2CNC(=O)C2CSCN2C(=O)c2c[nH]c3ccccc23)cn1. The number of hydrogen-bond donors (Lipinski definition) is 2. The Kier molecular flexibility index (Phi) is 5.45. The minimum Gasteiger partial charge on any atom is -0.360 e. The Bertz CT molecular complexity index is 1290. The monoisotopic (exact) mass is 445 g/mol. The van der Waals surface area contributed by atoms with Crippen LogP contribution in [0.1, 0.15) is 15.9 Å². The Hall–Kier alpha value is -3.52. The zero-order chi connectivity index (χ0) is 22.1. The fraction of sp³-hybridized carbons (Fsp3) is 0.208. The van der Waals surface area contributed by atoms with Crippen molar-refractivity contribution in [3.8, 4) is 11.1 Å². The zero-order valence-corrected chi connectivity index (χ0v) is 18.4. The first-order chi connectivity index (χ1) is 15.6. The third-order valence-corrected chi connectivity index (χ3v) is 6.76. The van der Waals surface area contributed by atoms with E-state index >= 15 is 0 Å². The van der Waals surface area contributed by atoms with E-state index in [9.17, 15) is 9.59 Å². The van der Waals surface area contributed by atoms with Gasteiger partial charge in [0.1, 0.15) is 6.04 Å². The van der Waals surface area contributed by atoms with E-state index in [0.29, 0.717) is 23.7 Å². The Labute approximate surface area is 189 Å². The number of nitrogens with one attached hydrogen (secondary N) is 2. The number of benzene rings is 2. The van der Waals surface area contributed by atoms with Gasteiger partial charge in [-0.3, -0.25) is 14.3 Å². The maximum atomic E-state index is 13.3. The number of aromatic amines is 1. The molecule has 1 unspecified atom stereocenters. The summed E-state index contributed by atoms with van der Waals surface area (Å²) in [6.07, 6.45) is 5.50. The largest absolute Gasteiger partial charge is 0.360 e. The summed E-state index contributed by atoms with van der Waals surface area (Å²) in [6.45, 7) is 0.389. The number of hydrogen-bond acceptors (Lipinski definition) is 4. The van der Waals surface area contributed by atoms with Crippen LogP contribution in [0.25, 0.3) is 22.0 Å². The lowest BCUT2D eigenvalue weighted by atomic mass is 10.0. The normalized spacial score (nSPS) is 15.9. The molecular weight excluding hydrogens is 422 g/mol. The van der Waals surface area contributed by atoms with Crippen LogP contribution in [0.15, 0.2) is 67.1 Å². The lowest BCUT2D eigenvalue weighted by Gasteiger charge is -2.23. The summed E-state index contributed by atoms with van der Waals surface area (Å²) in [6, 6.07) is 15.2. The van der Waals surface area contributed by atoms with E-state index in [1.807, 2.05) is 68.0 Å². The average molecular weight is 446 g/mol. The predicted molar refractivity (Wildman–Crippen MR) is 126 cm³/mol. The Morgan fingerprint density at radius 1 is 1.19 bits per heavy atom. The first kappa shape index (κ1) is 20.4. The number of carbonyl (C=O) groups is 2. The van der Waals surface area contributed by atoms with Crippen LogP contribution in [-0.2, 0) is 18.4 Å². The second kappa shape index (κ2) is 8.55. The number of H-pyrrole nitrogens is 1. The van der Waals surface area contributed by atoms with Crippen molar-refractivity contribution in [1.82, 2.24) is 25.0 Å². The molecule has 1 fully saturated rings. The van der Waals surface area contributed by atoms with E-state index in [2.05, 4.69) is 15.4 Å². The van der Waals surface area contributed by atoms with Gasteiger partial charge in [0, 0.05) is 48.2 Å². The third-order valence-electron chi connectivity index (χ3n) is 5.75. The second-order valence-corrected chi connectivity index (χ2v) is 8.82. The number of amides is 2. The van der Waals surface area contributed by atoms with Gasteiger partial charge in [0.25, 0.3) is 5.91 Å². The number of aromatic nitrogens is 3. The number of thioether (sulfide) groups is 1. The molecule has 0 saturated carbocycles. The first-order valence-corrected chi connectivity index (χ1v) is 11.6. The summed E-state index contributed by atoms with van der Waals surface area (Å²) in [7, 11) is 1.88. The summed E-state index contributed by atoms with van der Waals surface area (Å²) in [5, 5.41) is 8.17. The van der Waals surface area contributed by atoms with Gasteiger partial charge in [0.15, 0.2) is 0 Å². The van der Waals surface area contributed by atoms with Crippen LogP contribution in [0.3, 0.4) is 0 Å². The highest BCUT2D eigenvalue weighted by molar-refractivity contribution is 7.99. The van der Waals surface area contributed by atoms with Gasteiger partial charge < -0.3 is 15.2 Å². The van der Waals surface area contributed by atoms with Crippen LogP contribution in [0.2, 0.25) is 0 Å². The summed E-state index contributed by atoms with van der Waals surface area (Å²) in [5.41, 5.74) is 4.56. The molecule has 3 heterocycles. The van der Waals surface area contributed by atoms with E-state index in [1.54, 1.807) is 27.5 Å². The number of nitrogens with zero attached hydrogens (tertiary/aromatic N) is 3. The Morgan fingerprint density at radius 2 is 2.00 bits per heavy atom. The van der Waals surface area contributed by atoms with Crippen LogP contribution >= 0.6 is 11.8 Å². The molecule has 2 aromatic heterocycles. The molecule has 2 N–H and O–H groups in total. The summed E-state index contributed by atoms with van der Waals surface area (Å²) in [4.78, 5) is 31.1. The van der Waals surface area contributed by atoms with Gasteiger partial charge in [0.2, 0.25) is 5.91 Å². The number of rotatable bonds is 5. The number of carbonyl (C=O) groups excluding carboxylic acids is 2. The molecule has 1 aliphatic rings. The van der Waals surface area contributed by atoms with Crippen molar-refractivity contribution < 1.29 is 9.59 Å². The van der Waals surface area contributed by atoms with Crippen molar-refractivity contribution in [2.45, 2.75) is 12.6 Å². The third kappa shape index (κ3) is 3.78. The summed E-state index contributed by atoms with van der Waals surface area (Å²) in [5.74, 6) is 0.833. The van der Waals surface area contributed by atoms with Crippen LogP contribution in [-0.4, -0.2) is 49.2 Å². The standard InChI is InChI=1S/C24H23N5O2S/c1-28-13-17(11-27-28)18-7-3-2-6-16(18)10-26-23(30)22-14-32-15-29(22)24(31)20-12-25-21-9-5-4-8-19(20)21/h2-9,11-13,22,25H,10,14-15H2,1H3,(H,26,30). The minimum absolute atomic E-state index is 0.122. The van der Waals surface area contributed by atoms with Crippen molar-refractivity contribution >= 4 is 34.5 Å². The molecule has 1 atom stereocenters. The number of para-hydroxylation sites is 1. The van der Waals surface area contributed by atoms with Crippen molar-refractivity contribution in [2.24, 2.45) is 7.05 Å². The fourth-order valence-corrected chi connectivity index (χ4v) is 5.23. The Balaban J connectivity index is 1.31. The number of aryl methyl sites for hydroxylation is 1. The molecule has 1 aliphatic heterocycles. The molecule has 8 heteroatoms.